The summed E-state index contributed by atoms with van der Waals surface area (Å²) in [5.74, 6) is -0.556. The second kappa shape index (κ2) is 4.12. The van der Waals surface area contributed by atoms with Gasteiger partial charge in [-0.15, -0.1) is 0 Å². The molecule has 4 N–H and O–H groups in total. The second-order valence-corrected chi connectivity index (χ2v) is 6.09. The third kappa shape index (κ3) is 1.76. The van der Waals surface area contributed by atoms with Crippen LogP contribution >= 0.6 is 11.6 Å². The number of fused-ring (bicyclic) bond motifs is 1. The summed E-state index contributed by atoms with van der Waals surface area (Å²) in [4.78, 5) is 24.1. The van der Waals surface area contributed by atoms with E-state index in [9.17, 15) is 15.0 Å². The van der Waals surface area contributed by atoms with Gasteiger partial charge < -0.3 is 20.5 Å². The maximum absolute atomic E-state index is 12.3. The number of anilines is 1. The Kier molecular flexibility index (Phi) is 2.78. The van der Waals surface area contributed by atoms with E-state index in [-0.39, 0.29) is 17.6 Å². The lowest BCUT2D eigenvalue weighted by Gasteiger charge is -2.12. The first-order valence-corrected chi connectivity index (χ1v) is 6.65. The van der Waals surface area contributed by atoms with Gasteiger partial charge in [0.2, 0.25) is 5.95 Å². The smallest absolute Gasteiger partial charge is 0.223 e. The van der Waals surface area contributed by atoms with E-state index in [0.29, 0.717) is 11.2 Å². The summed E-state index contributed by atoms with van der Waals surface area (Å²) in [6.07, 6.45) is 0.281. The molecule has 21 heavy (non-hydrogen) atoms. The summed E-state index contributed by atoms with van der Waals surface area (Å²) in [5, 5.41) is 20.1. The first-order valence-electron chi connectivity index (χ1n) is 6.27. The predicted molar refractivity (Wildman–Crippen MR) is 74.5 cm³/mol. The number of rotatable bonds is 3. The van der Waals surface area contributed by atoms with Crippen molar-refractivity contribution in [1.82, 2.24) is 19.5 Å². The Morgan fingerprint density at radius 1 is 1.52 bits per heavy atom. The predicted octanol–water partition coefficient (Wildman–Crippen LogP) is -0.237. The molecule has 0 aliphatic heterocycles. The standard InChI is InChI=1S/C12H14ClN5O3/c1-11(2)9(20)12(11,21)5(19)3-18-4-15-6-7(13)16-10(14)17-8(6)18/h4,9,20-21H,3H2,1-2H3,(H2,14,16,17). The second-order valence-electron chi connectivity index (χ2n) is 5.73. The SMILES string of the molecule is CC1(C)C(O)C1(O)C(=O)Cn1cnc2c(Cl)nc(N)nc21. The van der Waals surface area contributed by atoms with Gasteiger partial charge in [0, 0.05) is 5.41 Å². The van der Waals surface area contributed by atoms with Crippen LogP contribution in [0.3, 0.4) is 0 Å². The van der Waals surface area contributed by atoms with Crippen molar-refractivity contribution in [1.29, 1.82) is 0 Å². The number of nitrogens with zero attached hydrogens (tertiary/aromatic N) is 4. The minimum atomic E-state index is -1.76. The summed E-state index contributed by atoms with van der Waals surface area (Å²) >= 11 is 5.90. The fraction of sp³-hybridized carbons (Fsp3) is 0.500. The molecule has 2 atom stereocenters. The molecule has 0 aromatic carbocycles. The maximum Gasteiger partial charge on any atom is 0.223 e. The molecule has 8 nitrogen and oxygen atoms in total. The largest absolute Gasteiger partial charge is 0.389 e. The molecule has 1 fully saturated rings. The van der Waals surface area contributed by atoms with Gasteiger partial charge >= 0.3 is 0 Å². The van der Waals surface area contributed by atoms with Gasteiger partial charge in [-0.25, -0.2) is 4.98 Å². The van der Waals surface area contributed by atoms with Gasteiger partial charge in [0.1, 0.15) is 5.52 Å². The molecule has 0 amide bonds. The molecule has 1 aliphatic rings. The zero-order chi connectivity index (χ0) is 15.6. The molecule has 112 valence electrons. The van der Waals surface area contributed by atoms with Gasteiger partial charge in [0.25, 0.3) is 0 Å². The molecule has 1 saturated carbocycles. The Labute approximate surface area is 124 Å². The van der Waals surface area contributed by atoms with Crippen LogP contribution < -0.4 is 5.73 Å². The third-order valence-electron chi connectivity index (χ3n) is 4.16. The molecule has 0 radical (unpaired) electrons. The van der Waals surface area contributed by atoms with Gasteiger partial charge in [0.15, 0.2) is 22.2 Å². The van der Waals surface area contributed by atoms with Crippen LogP contribution in [-0.2, 0) is 11.3 Å². The fourth-order valence-electron chi connectivity index (χ4n) is 2.54. The van der Waals surface area contributed by atoms with Crippen molar-refractivity contribution < 1.29 is 15.0 Å². The lowest BCUT2D eigenvalue weighted by atomic mass is 10.0. The third-order valence-corrected chi connectivity index (χ3v) is 4.42. The van der Waals surface area contributed by atoms with Crippen LogP contribution in [0.15, 0.2) is 6.33 Å². The number of halogens is 1. The number of aromatic nitrogens is 4. The fourth-order valence-corrected chi connectivity index (χ4v) is 2.76. The van der Waals surface area contributed by atoms with Crippen molar-refractivity contribution in [3.63, 3.8) is 0 Å². The van der Waals surface area contributed by atoms with Crippen LogP contribution in [0.1, 0.15) is 13.8 Å². The maximum atomic E-state index is 12.3. The highest BCUT2D eigenvalue weighted by Crippen LogP contribution is 2.56. The van der Waals surface area contributed by atoms with E-state index in [2.05, 4.69) is 15.0 Å². The number of hydrogen-bond donors (Lipinski definition) is 3. The Hall–Kier alpha value is -1.77. The van der Waals surface area contributed by atoms with Crippen molar-refractivity contribution in [2.45, 2.75) is 32.1 Å². The van der Waals surface area contributed by atoms with Crippen LogP contribution in [0.4, 0.5) is 5.95 Å². The van der Waals surface area contributed by atoms with E-state index in [1.165, 1.54) is 10.9 Å². The van der Waals surface area contributed by atoms with Gasteiger partial charge in [-0.1, -0.05) is 25.4 Å². The molecule has 9 heteroatoms. The van der Waals surface area contributed by atoms with Gasteiger partial charge in [0.05, 0.1) is 19.0 Å². The van der Waals surface area contributed by atoms with Crippen molar-refractivity contribution in [2.75, 3.05) is 5.73 Å². The first kappa shape index (κ1) is 14.2. The zero-order valence-corrected chi connectivity index (χ0v) is 12.2. The molecular formula is C12H14ClN5O3. The highest BCUT2D eigenvalue weighted by atomic mass is 35.5. The minimum Gasteiger partial charge on any atom is -0.389 e. The lowest BCUT2D eigenvalue weighted by Crippen LogP contribution is -2.33. The van der Waals surface area contributed by atoms with Gasteiger partial charge in [-0.3, -0.25) is 4.79 Å². The summed E-state index contributed by atoms with van der Waals surface area (Å²) in [5.41, 5.74) is 3.52. The number of aliphatic hydroxyl groups is 2. The summed E-state index contributed by atoms with van der Waals surface area (Å²) in [6.45, 7) is 3.05. The average Bonchev–Trinajstić information content (AvgIpc) is 2.74. The van der Waals surface area contributed by atoms with E-state index in [4.69, 9.17) is 17.3 Å². The number of nitrogen functional groups attached to an aromatic ring is 1. The van der Waals surface area contributed by atoms with Crippen LogP contribution in [0, 0.1) is 5.41 Å². The highest BCUT2D eigenvalue weighted by Gasteiger charge is 2.74. The number of nitrogens with two attached hydrogens (primary N) is 1. The minimum absolute atomic E-state index is 0.0350. The van der Waals surface area contributed by atoms with Crippen molar-refractivity contribution >= 4 is 34.5 Å². The van der Waals surface area contributed by atoms with Crippen LogP contribution in [0.5, 0.6) is 0 Å². The Morgan fingerprint density at radius 3 is 2.71 bits per heavy atom. The van der Waals surface area contributed by atoms with Crippen LogP contribution in [0.2, 0.25) is 5.15 Å². The van der Waals surface area contributed by atoms with Gasteiger partial charge in [-0.05, 0) is 0 Å². The molecule has 2 heterocycles. The lowest BCUT2D eigenvalue weighted by molar-refractivity contribution is -0.133. The average molecular weight is 312 g/mol. The van der Waals surface area contributed by atoms with E-state index in [0.717, 1.165) is 0 Å². The molecule has 0 saturated heterocycles. The highest BCUT2D eigenvalue weighted by molar-refractivity contribution is 6.33. The molecule has 0 bridgehead atoms. The number of Topliss-reactive ketones (excluding diaryl/α,β-unsaturated/α-hetero) is 1. The van der Waals surface area contributed by atoms with Crippen LogP contribution in [-0.4, -0.2) is 47.2 Å². The number of carbonyl (C=O) groups is 1. The quantitative estimate of drug-likeness (QED) is 0.668. The van der Waals surface area contributed by atoms with E-state index < -0.39 is 22.9 Å². The Bertz CT molecular complexity index is 759. The van der Waals surface area contributed by atoms with Gasteiger partial charge in [-0.2, -0.15) is 9.97 Å². The normalized spacial score (nSPS) is 27.0. The number of hydrogen-bond acceptors (Lipinski definition) is 7. The molecule has 2 unspecified atom stereocenters. The zero-order valence-electron chi connectivity index (χ0n) is 11.4. The molecule has 2 aromatic heterocycles. The van der Waals surface area contributed by atoms with Crippen molar-refractivity contribution in [3.8, 4) is 0 Å². The summed E-state index contributed by atoms with van der Waals surface area (Å²) in [6, 6.07) is 0. The number of ketones is 1. The Morgan fingerprint density at radius 2 is 2.14 bits per heavy atom. The summed E-state index contributed by atoms with van der Waals surface area (Å²) in [7, 11) is 0. The molecule has 3 rings (SSSR count). The summed E-state index contributed by atoms with van der Waals surface area (Å²) < 4.78 is 1.42. The first-order chi connectivity index (χ1) is 9.69. The monoisotopic (exact) mass is 311 g/mol. The molecular weight excluding hydrogens is 298 g/mol. The van der Waals surface area contributed by atoms with Crippen LogP contribution in [0.25, 0.3) is 11.2 Å². The number of aliphatic hydroxyl groups excluding tert-OH is 1. The Balaban J connectivity index is 1.95. The number of carbonyl (C=O) groups excluding carboxylic acids is 1. The molecule has 2 aromatic rings. The molecule has 0 spiro atoms. The topological polar surface area (TPSA) is 127 Å². The molecule has 1 aliphatic carbocycles. The number of imidazole rings is 1. The van der Waals surface area contributed by atoms with Crippen molar-refractivity contribution in [3.05, 3.63) is 11.5 Å². The van der Waals surface area contributed by atoms with E-state index >= 15 is 0 Å². The van der Waals surface area contributed by atoms with E-state index in [1.54, 1.807) is 13.8 Å². The van der Waals surface area contributed by atoms with E-state index in [1.807, 2.05) is 0 Å². The van der Waals surface area contributed by atoms with Crippen molar-refractivity contribution in [2.24, 2.45) is 5.41 Å².